The lowest BCUT2D eigenvalue weighted by molar-refractivity contribution is -0.143. The van der Waals surface area contributed by atoms with Gasteiger partial charge in [-0.25, -0.2) is 0 Å². The van der Waals surface area contributed by atoms with E-state index in [1.807, 2.05) is 64.1 Å². The van der Waals surface area contributed by atoms with Crippen LogP contribution in [0.5, 0.6) is 11.5 Å². The first-order valence-electron chi connectivity index (χ1n) is 10.7. The van der Waals surface area contributed by atoms with Gasteiger partial charge >= 0.3 is 0 Å². The number of rotatable bonds is 11. The molecule has 0 aromatic heterocycles. The summed E-state index contributed by atoms with van der Waals surface area (Å²) < 4.78 is 11.1. The third kappa shape index (κ3) is 7.31. The molecule has 0 unspecified atom stereocenters. The van der Waals surface area contributed by atoms with Gasteiger partial charge in [-0.05, 0) is 37.0 Å². The lowest BCUT2D eigenvalue weighted by Crippen LogP contribution is -2.50. The Hall–Kier alpha value is -3.02. The number of nitrogens with one attached hydrogen (secondary N) is 1. The first-order valence-corrected chi connectivity index (χ1v) is 10.7. The summed E-state index contributed by atoms with van der Waals surface area (Å²) in [5.74, 6) is 0.984. The maximum atomic E-state index is 13.2. The third-order valence-corrected chi connectivity index (χ3v) is 4.93. The van der Waals surface area contributed by atoms with Gasteiger partial charge in [-0.15, -0.1) is 0 Å². The third-order valence-electron chi connectivity index (χ3n) is 4.93. The fourth-order valence-electron chi connectivity index (χ4n) is 3.31. The van der Waals surface area contributed by atoms with Gasteiger partial charge in [0.1, 0.15) is 6.04 Å². The minimum absolute atomic E-state index is 0.144. The van der Waals surface area contributed by atoms with Gasteiger partial charge in [0, 0.05) is 13.1 Å². The second-order valence-corrected chi connectivity index (χ2v) is 8.01. The molecule has 2 aromatic rings. The van der Waals surface area contributed by atoms with E-state index in [0.717, 1.165) is 11.1 Å². The van der Waals surface area contributed by atoms with Crippen LogP contribution in [0.3, 0.4) is 0 Å². The second kappa shape index (κ2) is 12.0. The first kappa shape index (κ1) is 24.3. The van der Waals surface area contributed by atoms with Crippen molar-refractivity contribution >= 4 is 11.8 Å². The number of hydrogen-bond donors (Lipinski definition) is 1. The Balaban J connectivity index is 2.22. The van der Waals surface area contributed by atoms with Crippen LogP contribution >= 0.6 is 0 Å². The van der Waals surface area contributed by atoms with Crippen LogP contribution in [0.2, 0.25) is 0 Å². The van der Waals surface area contributed by atoms with Gasteiger partial charge in [-0.2, -0.15) is 0 Å². The van der Waals surface area contributed by atoms with E-state index in [0.29, 0.717) is 36.9 Å². The number of para-hydroxylation sites is 2. The summed E-state index contributed by atoms with van der Waals surface area (Å²) in [4.78, 5) is 27.7. The molecule has 0 fully saturated rings. The molecule has 0 aliphatic rings. The number of methoxy groups -OCH3 is 1. The molecule has 0 saturated carbocycles. The van der Waals surface area contributed by atoms with Crippen molar-refractivity contribution in [1.29, 1.82) is 0 Å². The Kier molecular flexibility index (Phi) is 9.38. The van der Waals surface area contributed by atoms with E-state index < -0.39 is 6.04 Å². The second-order valence-electron chi connectivity index (χ2n) is 8.01. The number of amides is 2. The monoisotopic (exact) mass is 426 g/mol. The number of hydrogen-bond acceptors (Lipinski definition) is 4. The Morgan fingerprint density at radius 1 is 1.06 bits per heavy atom. The Bertz CT molecular complexity index is 866. The zero-order chi connectivity index (χ0) is 22.8. The molecule has 0 aliphatic heterocycles. The fraction of sp³-hybridized carbons (Fsp3) is 0.440. The predicted molar refractivity (Wildman–Crippen MR) is 122 cm³/mol. The van der Waals surface area contributed by atoms with Crippen molar-refractivity contribution in [2.24, 2.45) is 5.92 Å². The van der Waals surface area contributed by atoms with E-state index in [1.165, 1.54) is 0 Å². The van der Waals surface area contributed by atoms with Gasteiger partial charge in [-0.1, -0.05) is 62.7 Å². The van der Waals surface area contributed by atoms with Gasteiger partial charge in [-0.3, -0.25) is 9.59 Å². The first-order chi connectivity index (χ1) is 14.8. The van der Waals surface area contributed by atoms with Gasteiger partial charge < -0.3 is 19.7 Å². The van der Waals surface area contributed by atoms with Gasteiger partial charge in [0.05, 0.1) is 7.11 Å². The summed E-state index contributed by atoms with van der Waals surface area (Å²) in [7, 11) is 1.56. The molecule has 2 rings (SSSR count). The fourth-order valence-corrected chi connectivity index (χ4v) is 3.31. The standard InChI is InChI=1S/C25H34N2O4/c1-6-21(25(29)26-15-18(2)3)27(16-20-11-9-10-19(4)14-20)24(28)17-31-23-13-8-7-12-22(23)30-5/h7-14,18,21H,6,15-17H2,1-5H3,(H,26,29)/t21-/m1/s1. The number of aryl methyl sites for hydroxylation is 1. The molecule has 0 bridgehead atoms. The zero-order valence-electron chi connectivity index (χ0n) is 19.2. The Morgan fingerprint density at radius 2 is 1.77 bits per heavy atom. The number of benzene rings is 2. The number of nitrogens with zero attached hydrogens (tertiary/aromatic N) is 1. The van der Waals surface area contributed by atoms with E-state index in [9.17, 15) is 9.59 Å². The van der Waals surface area contributed by atoms with Crippen LogP contribution in [0.4, 0.5) is 0 Å². The molecular formula is C25H34N2O4. The van der Waals surface area contributed by atoms with Gasteiger partial charge in [0.15, 0.2) is 18.1 Å². The molecule has 1 atom stereocenters. The summed E-state index contributed by atoms with van der Waals surface area (Å²) in [5, 5.41) is 2.96. The molecule has 0 spiro atoms. The number of carbonyl (C=O) groups is 2. The highest BCUT2D eigenvalue weighted by Gasteiger charge is 2.29. The van der Waals surface area contributed by atoms with Crippen molar-refractivity contribution in [2.45, 2.75) is 46.7 Å². The van der Waals surface area contributed by atoms with Crippen LogP contribution in [0, 0.1) is 12.8 Å². The maximum absolute atomic E-state index is 13.2. The molecular weight excluding hydrogens is 392 g/mol. The van der Waals surface area contributed by atoms with Crippen LogP contribution in [-0.4, -0.2) is 43.0 Å². The average molecular weight is 427 g/mol. The molecule has 0 aliphatic carbocycles. The quantitative estimate of drug-likeness (QED) is 0.591. The van der Waals surface area contributed by atoms with Crippen LogP contribution in [0.15, 0.2) is 48.5 Å². The van der Waals surface area contributed by atoms with Crippen molar-refractivity contribution < 1.29 is 19.1 Å². The molecule has 1 N–H and O–H groups in total. The minimum atomic E-state index is -0.576. The smallest absolute Gasteiger partial charge is 0.261 e. The largest absolute Gasteiger partial charge is 0.493 e. The van der Waals surface area contributed by atoms with Crippen molar-refractivity contribution in [1.82, 2.24) is 10.2 Å². The zero-order valence-corrected chi connectivity index (χ0v) is 19.2. The highest BCUT2D eigenvalue weighted by molar-refractivity contribution is 5.88. The van der Waals surface area contributed by atoms with E-state index >= 15 is 0 Å². The molecule has 0 saturated heterocycles. The van der Waals surface area contributed by atoms with Crippen LogP contribution in [0.25, 0.3) is 0 Å². The molecule has 168 valence electrons. The van der Waals surface area contributed by atoms with Crippen LogP contribution in [-0.2, 0) is 16.1 Å². The molecule has 6 heteroatoms. The van der Waals surface area contributed by atoms with E-state index in [4.69, 9.17) is 9.47 Å². The summed E-state index contributed by atoms with van der Waals surface area (Å²) in [5.41, 5.74) is 2.08. The van der Waals surface area contributed by atoms with Crippen LogP contribution < -0.4 is 14.8 Å². The Morgan fingerprint density at radius 3 is 2.39 bits per heavy atom. The van der Waals surface area contributed by atoms with Crippen molar-refractivity contribution in [3.8, 4) is 11.5 Å². The SMILES string of the molecule is CC[C@H](C(=O)NCC(C)C)N(Cc1cccc(C)c1)C(=O)COc1ccccc1OC. The molecule has 6 nitrogen and oxygen atoms in total. The summed E-state index contributed by atoms with van der Waals surface area (Å²) in [6.45, 7) is 8.73. The van der Waals surface area contributed by atoms with E-state index in [-0.39, 0.29) is 18.4 Å². The minimum Gasteiger partial charge on any atom is -0.493 e. The maximum Gasteiger partial charge on any atom is 0.261 e. The number of ether oxygens (including phenoxy) is 2. The summed E-state index contributed by atoms with van der Waals surface area (Å²) >= 11 is 0. The summed E-state index contributed by atoms with van der Waals surface area (Å²) in [6.07, 6.45) is 0.510. The van der Waals surface area contributed by atoms with Gasteiger partial charge in [0.2, 0.25) is 5.91 Å². The predicted octanol–water partition coefficient (Wildman–Crippen LogP) is 3.96. The Labute approximate surface area is 185 Å². The van der Waals surface area contributed by atoms with Gasteiger partial charge in [0.25, 0.3) is 5.91 Å². The van der Waals surface area contributed by atoms with Crippen LogP contribution in [0.1, 0.15) is 38.3 Å². The van der Waals surface area contributed by atoms with Crippen molar-refractivity contribution in [3.63, 3.8) is 0 Å². The highest BCUT2D eigenvalue weighted by Crippen LogP contribution is 2.26. The summed E-state index contributed by atoms with van der Waals surface area (Å²) in [6, 6.07) is 14.6. The van der Waals surface area contributed by atoms with E-state index in [2.05, 4.69) is 5.32 Å². The molecule has 2 aromatic carbocycles. The molecule has 0 heterocycles. The number of carbonyl (C=O) groups excluding carboxylic acids is 2. The lowest BCUT2D eigenvalue weighted by Gasteiger charge is -2.31. The topological polar surface area (TPSA) is 67.9 Å². The normalized spacial score (nSPS) is 11.7. The molecule has 2 amide bonds. The molecule has 31 heavy (non-hydrogen) atoms. The molecule has 0 radical (unpaired) electrons. The van der Waals surface area contributed by atoms with Crippen molar-refractivity contribution in [3.05, 3.63) is 59.7 Å². The van der Waals surface area contributed by atoms with Crippen molar-refractivity contribution in [2.75, 3.05) is 20.3 Å². The average Bonchev–Trinajstić information content (AvgIpc) is 2.76. The lowest BCUT2D eigenvalue weighted by atomic mass is 10.1. The van der Waals surface area contributed by atoms with E-state index in [1.54, 1.807) is 24.1 Å². The highest BCUT2D eigenvalue weighted by atomic mass is 16.5.